The van der Waals surface area contributed by atoms with Gasteiger partial charge in [-0.25, -0.2) is 0 Å². The lowest BCUT2D eigenvalue weighted by atomic mass is 10.2. The molecule has 0 atom stereocenters. The summed E-state index contributed by atoms with van der Waals surface area (Å²) in [6, 6.07) is 7.78. The van der Waals surface area contributed by atoms with Crippen LogP contribution in [0.1, 0.15) is 47.0 Å². The topological polar surface area (TPSA) is 71.1 Å². The summed E-state index contributed by atoms with van der Waals surface area (Å²) in [5.41, 5.74) is 0.963. The van der Waals surface area contributed by atoms with Gasteiger partial charge in [-0.05, 0) is 36.8 Å². The first-order valence-corrected chi connectivity index (χ1v) is 8.77. The second-order valence-electron chi connectivity index (χ2n) is 5.47. The molecule has 2 amide bonds. The molecular weight excluding hydrogens is 361 g/mol. The maximum absolute atomic E-state index is 12.4. The average molecular weight is 380 g/mol. The fourth-order valence-electron chi connectivity index (χ4n) is 2.15. The predicted octanol–water partition coefficient (Wildman–Crippen LogP) is 4.56. The van der Waals surface area contributed by atoms with Crippen LogP contribution in [0.5, 0.6) is 0 Å². The van der Waals surface area contributed by atoms with Crippen molar-refractivity contribution in [1.29, 1.82) is 0 Å². The van der Waals surface area contributed by atoms with E-state index in [0.717, 1.165) is 19.3 Å². The molecule has 1 heterocycles. The number of carbonyl (C=O) groups excluding carboxylic acids is 2. The van der Waals surface area contributed by atoms with Crippen LogP contribution in [0.3, 0.4) is 0 Å². The molecule has 0 fully saturated rings. The Morgan fingerprint density at radius 3 is 2.60 bits per heavy atom. The highest BCUT2D eigenvalue weighted by atomic mass is 35.5. The Hall–Kier alpha value is -2.11. The van der Waals surface area contributed by atoms with Gasteiger partial charge in [0.25, 0.3) is 11.8 Å². The van der Waals surface area contributed by atoms with Gasteiger partial charge in [-0.2, -0.15) is 0 Å². The molecule has 0 saturated carbocycles. The molecule has 0 saturated heterocycles. The molecule has 132 valence electrons. The van der Waals surface area contributed by atoms with Crippen LogP contribution in [0.2, 0.25) is 10.0 Å². The van der Waals surface area contributed by atoms with Crippen molar-refractivity contribution in [3.63, 3.8) is 0 Å². The van der Waals surface area contributed by atoms with E-state index in [9.17, 15) is 9.59 Å². The number of unbranched alkanes of at least 4 members (excludes halogenated alkanes) is 2. The summed E-state index contributed by atoms with van der Waals surface area (Å²) in [7, 11) is 0. The van der Waals surface area contributed by atoms with Crippen molar-refractivity contribution in [2.45, 2.75) is 26.2 Å². The molecule has 7 heteroatoms. The Balaban J connectivity index is 2.04. The molecule has 0 bridgehead atoms. The minimum absolute atomic E-state index is 0.200. The zero-order chi connectivity index (χ0) is 18.2. The van der Waals surface area contributed by atoms with Crippen molar-refractivity contribution in [2.75, 3.05) is 11.9 Å². The SMILES string of the molecule is CCCCCNC(=O)c1cc(C(=O)Nc2ccc(Cl)cc2Cl)ccn1. The highest BCUT2D eigenvalue weighted by Crippen LogP contribution is 2.25. The lowest BCUT2D eigenvalue weighted by Gasteiger charge is -2.09. The number of nitrogens with zero attached hydrogens (tertiary/aromatic N) is 1. The summed E-state index contributed by atoms with van der Waals surface area (Å²) in [6.07, 6.45) is 4.48. The van der Waals surface area contributed by atoms with Gasteiger partial charge in [0.05, 0.1) is 10.7 Å². The van der Waals surface area contributed by atoms with Gasteiger partial charge in [-0.1, -0.05) is 43.0 Å². The van der Waals surface area contributed by atoms with E-state index in [0.29, 0.717) is 27.8 Å². The summed E-state index contributed by atoms with van der Waals surface area (Å²) in [5, 5.41) is 6.30. The van der Waals surface area contributed by atoms with Gasteiger partial charge in [0.1, 0.15) is 5.69 Å². The summed E-state index contributed by atoms with van der Waals surface area (Å²) in [5.74, 6) is -0.679. The lowest BCUT2D eigenvalue weighted by molar-refractivity contribution is 0.0948. The van der Waals surface area contributed by atoms with Crippen LogP contribution < -0.4 is 10.6 Å². The van der Waals surface area contributed by atoms with Crippen molar-refractivity contribution in [1.82, 2.24) is 10.3 Å². The van der Waals surface area contributed by atoms with Crippen LogP contribution in [0.4, 0.5) is 5.69 Å². The molecule has 2 N–H and O–H groups in total. The zero-order valence-electron chi connectivity index (χ0n) is 13.8. The molecule has 1 aromatic heterocycles. The fraction of sp³-hybridized carbons (Fsp3) is 0.278. The molecule has 0 aliphatic carbocycles. The summed E-state index contributed by atoms with van der Waals surface area (Å²) in [4.78, 5) is 28.5. The van der Waals surface area contributed by atoms with Crippen molar-refractivity contribution in [3.05, 3.63) is 57.8 Å². The molecule has 2 rings (SSSR count). The molecule has 2 aromatic rings. The van der Waals surface area contributed by atoms with Crippen molar-refractivity contribution in [2.24, 2.45) is 0 Å². The summed E-state index contributed by atoms with van der Waals surface area (Å²) < 4.78 is 0. The number of pyridine rings is 1. The molecule has 0 spiro atoms. The van der Waals surface area contributed by atoms with Crippen LogP contribution in [-0.4, -0.2) is 23.3 Å². The van der Waals surface area contributed by atoms with E-state index in [4.69, 9.17) is 23.2 Å². The standard InChI is InChI=1S/C18H19Cl2N3O2/c1-2-3-4-8-22-18(25)16-10-12(7-9-21-16)17(24)23-15-6-5-13(19)11-14(15)20/h5-7,9-11H,2-4,8H2,1H3,(H,22,25)(H,23,24). The number of hydrogen-bond acceptors (Lipinski definition) is 3. The lowest BCUT2D eigenvalue weighted by Crippen LogP contribution is -2.25. The van der Waals surface area contributed by atoms with E-state index in [1.165, 1.54) is 18.3 Å². The number of benzene rings is 1. The smallest absolute Gasteiger partial charge is 0.269 e. The molecule has 5 nitrogen and oxygen atoms in total. The molecule has 0 unspecified atom stereocenters. The molecule has 0 aliphatic rings. The maximum atomic E-state index is 12.4. The van der Waals surface area contributed by atoms with Crippen molar-refractivity contribution >= 4 is 40.7 Å². The summed E-state index contributed by atoms with van der Waals surface area (Å²) in [6.45, 7) is 2.68. The number of nitrogens with one attached hydrogen (secondary N) is 2. The second-order valence-corrected chi connectivity index (χ2v) is 6.31. The first-order valence-electron chi connectivity index (χ1n) is 8.02. The number of anilines is 1. The van der Waals surface area contributed by atoms with Crippen LogP contribution >= 0.6 is 23.2 Å². The van der Waals surface area contributed by atoms with E-state index in [1.54, 1.807) is 18.2 Å². The van der Waals surface area contributed by atoms with E-state index in [-0.39, 0.29) is 17.5 Å². The van der Waals surface area contributed by atoms with Gasteiger partial charge in [-0.3, -0.25) is 14.6 Å². The van der Waals surface area contributed by atoms with Gasteiger partial charge < -0.3 is 10.6 Å². The highest BCUT2D eigenvalue weighted by molar-refractivity contribution is 6.36. The van der Waals surface area contributed by atoms with Gasteiger partial charge in [0, 0.05) is 23.3 Å². The first kappa shape index (κ1) is 19.2. The predicted molar refractivity (Wildman–Crippen MR) is 101 cm³/mol. The third-order valence-corrected chi connectivity index (χ3v) is 4.05. The molecule has 0 aliphatic heterocycles. The minimum atomic E-state index is -0.383. The van der Waals surface area contributed by atoms with Gasteiger partial charge >= 0.3 is 0 Å². The number of carbonyl (C=O) groups is 2. The minimum Gasteiger partial charge on any atom is -0.351 e. The fourth-order valence-corrected chi connectivity index (χ4v) is 2.60. The number of hydrogen-bond donors (Lipinski definition) is 2. The maximum Gasteiger partial charge on any atom is 0.269 e. The zero-order valence-corrected chi connectivity index (χ0v) is 15.3. The van der Waals surface area contributed by atoms with Gasteiger partial charge in [0.2, 0.25) is 0 Å². The Morgan fingerprint density at radius 1 is 1.08 bits per heavy atom. The van der Waals surface area contributed by atoms with Crippen LogP contribution in [0.25, 0.3) is 0 Å². The van der Waals surface area contributed by atoms with E-state index < -0.39 is 0 Å². The van der Waals surface area contributed by atoms with Crippen LogP contribution in [0.15, 0.2) is 36.5 Å². The number of amides is 2. The Morgan fingerprint density at radius 2 is 1.88 bits per heavy atom. The van der Waals surface area contributed by atoms with E-state index in [2.05, 4.69) is 22.5 Å². The molecule has 0 radical (unpaired) electrons. The normalized spacial score (nSPS) is 10.4. The Labute approximate surface area is 156 Å². The highest BCUT2D eigenvalue weighted by Gasteiger charge is 2.13. The van der Waals surface area contributed by atoms with E-state index in [1.807, 2.05) is 0 Å². The third kappa shape index (κ3) is 5.73. The van der Waals surface area contributed by atoms with Crippen LogP contribution in [0, 0.1) is 0 Å². The monoisotopic (exact) mass is 379 g/mol. The quantitative estimate of drug-likeness (QED) is 0.692. The number of aromatic nitrogens is 1. The Bertz CT molecular complexity index is 766. The molecular formula is C18H19Cl2N3O2. The third-order valence-electron chi connectivity index (χ3n) is 3.50. The molecule has 1 aromatic carbocycles. The largest absolute Gasteiger partial charge is 0.351 e. The first-order chi connectivity index (χ1) is 12.0. The van der Waals surface area contributed by atoms with Crippen molar-refractivity contribution in [3.8, 4) is 0 Å². The number of halogens is 2. The van der Waals surface area contributed by atoms with Crippen molar-refractivity contribution < 1.29 is 9.59 Å². The Kier molecular flexibility index (Phi) is 7.22. The number of rotatable bonds is 7. The summed E-state index contributed by atoms with van der Waals surface area (Å²) >= 11 is 11.9. The average Bonchev–Trinajstić information content (AvgIpc) is 2.61. The van der Waals surface area contributed by atoms with Crippen LogP contribution in [-0.2, 0) is 0 Å². The second kappa shape index (κ2) is 9.39. The van der Waals surface area contributed by atoms with E-state index >= 15 is 0 Å². The van der Waals surface area contributed by atoms with Gasteiger partial charge in [0.15, 0.2) is 0 Å². The van der Waals surface area contributed by atoms with Gasteiger partial charge in [-0.15, -0.1) is 0 Å². The molecule has 25 heavy (non-hydrogen) atoms.